The van der Waals surface area contributed by atoms with E-state index in [0.717, 1.165) is 15.7 Å². The third kappa shape index (κ3) is 5.56. The molecule has 198 valence electrons. The van der Waals surface area contributed by atoms with Gasteiger partial charge in [0, 0.05) is 27.9 Å². The highest BCUT2D eigenvalue weighted by Gasteiger charge is 2.41. The predicted molar refractivity (Wildman–Crippen MR) is 154 cm³/mol. The number of benzene rings is 2. The molecule has 0 bridgehead atoms. The summed E-state index contributed by atoms with van der Waals surface area (Å²) in [4.78, 5) is 27.4. The Balaban J connectivity index is 1.43. The fourth-order valence-electron chi connectivity index (χ4n) is 4.70. The van der Waals surface area contributed by atoms with Crippen LogP contribution in [-0.2, 0) is 9.59 Å². The van der Waals surface area contributed by atoms with Crippen molar-refractivity contribution in [2.24, 2.45) is 5.73 Å². The molecule has 0 spiro atoms. The van der Waals surface area contributed by atoms with Crippen LogP contribution in [-0.4, -0.2) is 34.8 Å². The summed E-state index contributed by atoms with van der Waals surface area (Å²) in [6.07, 6.45) is 1.68. The first-order valence-electron chi connectivity index (χ1n) is 12.0. The lowest BCUT2D eigenvalue weighted by Crippen LogP contribution is -2.38. The van der Waals surface area contributed by atoms with Crippen LogP contribution < -0.4 is 20.7 Å². The van der Waals surface area contributed by atoms with Gasteiger partial charge in [0.25, 0.3) is 0 Å². The fourth-order valence-corrected chi connectivity index (χ4v) is 6.78. The van der Waals surface area contributed by atoms with E-state index in [1.165, 1.54) is 23.1 Å². The van der Waals surface area contributed by atoms with Gasteiger partial charge in [0.15, 0.2) is 10.1 Å². The van der Waals surface area contributed by atoms with Crippen molar-refractivity contribution in [3.63, 3.8) is 0 Å². The van der Waals surface area contributed by atoms with Crippen LogP contribution in [0.25, 0.3) is 0 Å². The smallest absolute Gasteiger partial charge is 0.234 e. The Kier molecular flexibility index (Phi) is 8.02. The minimum Gasteiger partial charge on any atom is -0.497 e. The van der Waals surface area contributed by atoms with Gasteiger partial charge in [-0.3, -0.25) is 14.5 Å². The Labute approximate surface area is 241 Å². The summed E-state index contributed by atoms with van der Waals surface area (Å²) < 4.78 is 6.82. The number of nitrogens with one attached hydrogen (secondary N) is 1. The molecule has 1 aliphatic carbocycles. The molecule has 3 aromatic rings. The molecule has 12 heteroatoms. The van der Waals surface area contributed by atoms with E-state index in [1.807, 2.05) is 48.5 Å². The van der Waals surface area contributed by atoms with Gasteiger partial charge in [-0.1, -0.05) is 57.2 Å². The summed E-state index contributed by atoms with van der Waals surface area (Å²) in [6, 6.07) is 16.9. The van der Waals surface area contributed by atoms with Gasteiger partial charge < -0.3 is 15.8 Å². The van der Waals surface area contributed by atoms with Crippen LogP contribution in [0.2, 0.25) is 0 Å². The summed E-state index contributed by atoms with van der Waals surface area (Å²) >= 11 is 5.90. The van der Waals surface area contributed by atoms with E-state index in [1.54, 1.807) is 12.0 Å². The Morgan fingerprint density at radius 1 is 1.28 bits per heavy atom. The molecule has 0 radical (unpaired) electrons. The van der Waals surface area contributed by atoms with Gasteiger partial charge in [0.1, 0.15) is 11.6 Å². The molecule has 3 N–H and O–H groups in total. The SMILES string of the molecule is COc1cccc(C2C(C#N)=C(N)N(c3nnc(SCC(=O)Nc4cccc(Br)c4)s3)C3=C2C(=O)CCC3)c1. The van der Waals surface area contributed by atoms with Crippen LogP contribution in [0.3, 0.4) is 0 Å². The van der Waals surface area contributed by atoms with E-state index in [-0.39, 0.29) is 28.8 Å². The molecular formula is C27H23BrN6O3S2. The van der Waals surface area contributed by atoms with E-state index in [9.17, 15) is 14.9 Å². The van der Waals surface area contributed by atoms with E-state index in [4.69, 9.17) is 10.5 Å². The molecule has 39 heavy (non-hydrogen) atoms. The average Bonchev–Trinajstić information content (AvgIpc) is 3.40. The minimum atomic E-state index is -0.590. The molecule has 2 aliphatic rings. The Morgan fingerprint density at radius 3 is 2.87 bits per heavy atom. The second-order valence-corrected chi connectivity index (χ2v) is 11.9. The number of carbonyl (C=O) groups excluding carboxylic acids is 2. The summed E-state index contributed by atoms with van der Waals surface area (Å²) in [5, 5.41) is 22.0. The number of amides is 1. The first kappa shape index (κ1) is 26.9. The molecule has 2 aromatic carbocycles. The number of nitrogens with zero attached hydrogens (tertiary/aromatic N) is 4. The zero-order valence-corrected chi connectivity index (χ0v) is 24.0. The maximum atomic E-state index is 13.3. The van der Waals surface area contributed by atoms with Crippen LogP contribution in [0, 0.1) is 11.3 Å². The molecule has 1 atom stereocenters. The summed E-state index contributed by atoms with van der Waals surface area (Å²) in [5.41, 5.74) is 9.63. The number of thioether (sulfide) groups is 1. The number of rotatable bonds is 7. The summed E-state index contributed by atoms with van der Waals surface area (Å²) in [7, 11) is 1.57. The van der Waals surface area contributed by atoms with Crippen molar-refractivity contribution in [3.8, 4) is 11.8 Å². The van der Waals surface area contributed by atoms with Crippen molar-refractivity contribution in [2.75, 3.05) is 23.1 Å². The maximum Gasteiger partial charge on any atom is 0.234 e. The highest BCUT2D eigenvalue weighted by Crippen LogP contribution is 2.47. The Morgan fingerprint density at radius 2 is 2.10 bits per heavy atom. The van der Waals surface area contributed by atoms with E-state index < -0.39 is 5.92 Å². The second-order valence-electron chi connectivity index (χ2n) is 8.79. The first-order chi connectivity index (χ1) is 18.9. The molecular weight excluding hydrogens is 600 g/mol. The topological polar surface area (TPSA) is 134 Å². The Bertz CT molecular complexity index is 1560. The van der Waals surface area contributed by atoms with Crippen LogP contribution in [0.5, 0.6) is 5.75 Å². The zero-order valence-electron chi connectivity index (χ0n) is 20.8. The molecule has 0 fully saturated rings. The molecule has 9 nitrogen and oxygen atoms in total. The summed E-state index contributed by atoms with van der Waals surface area (Å²) in [5.74, 6) is 0.207. The minimum absolute atomic E-state index is 0.0161. The molecule has 1 amide bonds. The van der Waals surface area contributed by atoms with Crippen molar-refractivity contribution in [2.45, 2.75) is 29.5 Å². The molecule has 1 aliphatic heterocycles. The number of halogens is 1. The van der Waals surface area contributed by atoms with Crippen LogP contribution in [0.15, 0.2) is 80.0 Å². The number of hydrogen-bond donors (Lipinski definition) is 2. The molecule has 0 saturated heterocycles. The van der Waals surface area contributed by atoms with Gasteiger partial charge in [0.05, 0.1) is 30.4 Å². The number of allylic oxidation sites excluding steroid dienone is 3. The van der Waals surface area contributed by atoms with Crippen LogP contribution >= 0.6 is 39.0 Å². The van der Waals surface area contributed by atoms with E-state index in [2.05, 4.69) is 37.5 Å². The third-order valence-corrected chi connectivity index (χ3v) is 8.90. The number of aromatic nitrogens is 2. The quantitative estimate of drug-likeness (QED) is 0.334. The zero-order chi connectivity index (χ0) is 27.5. The van der Waals surface area contributed by atoms with Gasteiger partial charge >= 0.3 is 0 Å². The molecule has 5 rings (SSSR count). The normalized spacial score (nSPS) is 17.1. The highest BCUT2D eigenvalue weighted by atomic mass is 79.9. The number of carbonyl (C=O) groups is 2. The van der Waals surface area contributed by atoms with Gasteiger partial charge in [-0.15, -0.1) is 10.2 Å². The number of Topliss-reactive ketones (excluding diaryl/α,β-unsaturated/α-hetero) is 1. The first-order valence-corrected chi connectivity index (χ1v) is 14.6. The van der Waals surface area contributed by atoms with Gasteiger partial charge in [-0.25, -0.2) is 0 Å². The number of ether oxygens (including phenoxy) is 1. The van der Waals surface area contributed by atoms with Gasteiger partial charge in [-0.05, 0) is 48.7 Å². The number of nitrogens with two attached hydrogens (primary N) is 1. The summed E-state index contributed by atoms with van der Waals surface area (Å²) in [6.45, 7) is 0. The molecule has 0 saturated carbocycles. The Hall–Kier alpha value is -3.66. The van der Waals surface area contributed by atoms with Gasteiger partial charge in [-0.2, -0.15) is 5.26 Å². The van der Waals surface area contributed by atoms with Crippen molar-refractivity contribution in [3.05, 3.63) is 81.2 Å². The van der Waals surface area contributed by atoms with E-state index >= 15 is 0 Å². The lowest BCUT2D eigenvalue weighted by Gasteiger charge is -2.38. The lowest BCUT2D eigenvalue weighted by atomic mass is 9.76. The number of hydrogen-bond acceptors (Lipinski definition) is 10. The van der Waals surface area contributed by atoms with Crippen molar-refractivity contribution < 1.29 is 14.3 Å². The van der Waals surface area contributed by atoms with Gasteiger partial charge in [0.2, 0.25) is 11.0 Å². The standard InChI is InChI=1S/C27H23BrN6O3S2/c1-37-18-8-2-5-15(11-18)23-19(13-29)25(30)34(20-9-4-10-21(35)24(20)23)26-32-33-27(39-26)38-14-22(36)31-17-7-3-6-16(28)12-17/h2-3,5-8,11-12,23H,4,9-10,14,30H2,1H3,(H,31,36). The molecule has 2 heterocycles. The van der Waals surface area contributed by atoms with Crippen molar-refractivity contribution in [1.29, 1.82) is 5.26 Å². The van der Waals surface area contributed by atoms with E-state index in [0.29, 0.717) is 45.7 Å². The fraction of sp³-hybridized carbons (Fsp3) is 0.222. The number of nitriles is 1. The largest absolute Gasteiger partial charge is 0.497 e. The lowest BCUT2D eigenvalue weighted by molar-refractivity contribution is -0.116. The predicted octanol–water partition coefficient (Wildman–Crippen LogP) is 5.34. The number of anilines is 2. The highest BCUT2D eigenvalue weighted by molar-refractivity contribution is 9.10. The molecule has 1 aromatic heterocycles. The van der Waals surface area contributed by atoms with Crippen LogP contribution in [0.4, 0.5) is 10.8 Å². The second kappa shape index (κ2) is 11.6. The number of methoxy groups -OCH3 is 1. The van der Waals surface area contributed by atoms with Crippen molar-refractivity contribution in [1.82, 2.24) is 10.2 Å². The number of ketones is 1. The maximum absolute atomic E-state index is 13.3. The average molecular weight is 624 g/mol. The molecule has 1 unspecified atom stereocenters. The van der Waals surface area contributed by atoms with Crippen LogP contribution in [0.1, 0.15) is 30.7 Å². The monoisotopic (exact) mass is 622 g/mol. The van der Waals surface area contributed by atoms with Crippen molar-refractivity contribution >= 4 is 61.5 Å². The third-order valence-electron chi connectivity index (χ3n) is 6.36.